The lowest BCUT2D eigenvalue weighted by atomic mass is 10.2. The monoisotopic (exact) mass is 625 g/mol. The number of hydrogen-bond acceptors (Lipinski definition) is 8. The van der Waals surface area contributed by atoms with Crippen LogP contribution in [0.1, 0.15) is 84.5 Å². The standard InChI is InChI=1S/C33H56NO8P/c1-6-8-10-12-13-14-15-16-17-18-19-20-21-22-24-26-33(36)42-31(29-39-32(35)25-23-11-9-7-2)30-41-43(37,38)40-28-27-34(3,4)5/h8,10,13-14,16-17,19-20,22,24,31H,6-7,9,11-12,15,18,21,23,25-30H2,1-5H3/b10-8-,14-13-,17-16-,20-19-,24-22-. The highest BCUT2D eigenvalue weighted by Gasteiger charge is 2.21. The van der Waals surface area contributed by atoms with Crippen molar-refractivity contribution in [2.24, 2.45) is 0 Å². The molecule has 9 nitrogen and oxygen atoms in total. The average molecular weight is 626 g/mol. The van der Waals surface area contributed by atoms with Crippen LogP contribution < -0.4 is 4.89 Å². The van der Waals surface area contributed by atoms with Gasteiger partial charge in [-0.2, -0.15) is 0 Å². The zero-order valence-electron chi connectivity index (χ0n) is 27.1. The smallest absolute Gasteiger partial charge is 0.310 e. The Bertz CT molecular complexity index is 934. The molecule has 0 heterocycles. The zero-order valence-corrected chi connectivity index (χ0v) is 28.0. The number of ether oxygens (including phenoxy) is 2. The number of quaternary nitrogens is 1. The van der Waals surface area contributed by atoms with Crippen LogP contribution in [0, 0.1) is 0 Å². The molecule has 0 saturated heterocycles. The largest absolute Gasteiger partial charge is 0.756 e. The fourth-order valence-electron chi connectivity index (χ4n) is 3.37. The average Bonchev–Trinajstić information content (AvgIpc) is 2.94. The van der Waals surface area contributed by atoms with Gasteiger partial charge in [0.2, 0.25) is 0 Å². The van der Waals surface area contributed by atoms with Crippen molar-refractivity contribution in [3.8, 4) is 0 Å². The SMILES string of the molecule is CC/C=C\C/C=C\C/C=C\C/C=C\C/C=C\CC(=O)OC(COC(=O)CCCCCC)COP(=O)([O-])OCC[N+](C)(C)C. The van der Waals surface area contributed by atoms with Crippen LogP contribution >= 0.6 is 7.82 Å². The number of carbonyl (C=O) groups excluding carboxylic acids is 2. The Kier molecular flexibility index (Phi) is 24.7. The lowest BCUT2D eigenvalue weighted by Gasteiger charge is -2.28. The van der Waals surface area contributed by atoms with E-state index in [4.69, 9.17) is 18.5 Å². The number of carbonyl (C=O) groups is 2. The number of allylic oxidation sites excluding steroid dienone is 9. The van der Waals surface area contributed by atoms with Crippen molar-refractivity contribution in [3.63, 3.8) is 0 Å². The summed E-state index contributed by atoms with van der Waals surface area (Å²) in [5.41, 5.74) is 0. The van der Waals surface area contributed by atoms with Crippen LogP contribution in [0.25, 0.3) is 0 Å². The minimum atomic E-state index is -4.63. The quantitative estimate of drug-likeness (QED) is 0.0341. The van der Waals surface area contributed by atoms with Crippen LogP contribution in [0.4, 0.5) is 0 Å². The van der Waals surface area contributed by atoms with Gasteiger partial charge in [-0.15, -0.1) is 0 Å². The second kappa shape index (κ2) is 26.1. The van der Waals surface area contributed by atoms with E-state index in [1.165, 1.54) is 0 Å². The fraction of sp³-hybridized carbons (Fsp3) is 0.636. The number of esters is 2. The summed E-state index contributed by atoms with van der Waals surface area (Å²) in [5.74, 6) is -1.01. The predicted octanol–water partition coefficient (Wildman–Crippen LogP) is 6.76. The summed E-state index contributed by atoms with van der Waals surface area (Å²) in [7, 11) is 1.09. The molecule has 0 aliphatic carbocycles. The highest BCUT2D eigenvalue weighted by molar-refractivity contribution is 7.45. The van der Waals surface area contributed by atoms with Crippen molar-refractivity contribution in [3.05, 3.63) is 60.8 Å². The molecular formula is C33H56NO8P. The second-order valence-corrected chi connectivity index (χ2v) is 12.5. The summed E-state index contributed by atoms with van der Waals surface area (Å²) in [6.45, 7) is 3.80. The Morgan fingerprint density at radius 3 is 1.84 bits per heavy atom. The first kappa shape index (κ1) is 40.7. The van der Waals surface area contributed by atoms with Crippen LogP contribution in [0.3, 0.4) is 0 Å². The summed E-state index contributed by atoms with van der Waals surface area (Å²) in [4.78, 5) is 36.7. The Labute approximate surface area is 260 Å². The lowest BCUT2D eigenvalue weighted by molar-refractivity contribution is -0.870. The van der Waals surface area contributed by atoms with Crippen LogP contribution in [0.15, 0.2) is 60.8 Å². The van der Waals surface area contributed by atoms with Crippen molar-refractivity contribution in [1.82, 2.24) is 0 Å². The highest BCUT2D eigenvalue weighted by atomic mass is 31.2. The van der Waals surface area contributed by atoms with E-state index < -0.39 is 32.5 Å². The molecule has 0 rings (SSSR count). The normalized spacial score (nSPS) is 14.8. The fourth-order valence-corrected chi connectivity index (χ4v) is 4.10. The molecule has 0 fully saturated rings. The van der Waals surface area contributed by atoms with Crippen molar-refractivity contribution < 1.29 is 42.1 Å². The van der Waals surface area contributed by atoms with Crippen molar-refractivity contribution in [1.29, 1.82) is 0 Å². The van der Waals surface area contributed by atoms with Crippen LogP contribution in [-0.4, -0.2) is 70.0 Å². The third kappa shape index (κ3) is 29.6. The minimum absolute atomic E-state index is 0.00990. The van der Waals surface area contributed by atoms with E-state index in [0.717, 1.165) is 44.9 Å². The molecule has 2 atom stereocenters. The number of phosphoric ester groups is 1. The molecular weight excluding hydrogens is 569 g/mol. The molecule has 0 aromatic carbocycles. The number of rotatable bonds is 26. The minimum Gasteiger partial charge on any atom is -0.756 e. The number of likely N-dealkylation sites (N-methyl/N-ethyl adjacent to an activating group) is 1. The predicted molar refractivity (Wildman–Crippen MR) is 171 cm³/mol. The van der Waals surface area contributed by atoms with Crippen LogP contribution in [-0.2, 0) is 32.7 Å². The molecule has 0 radical (unpaired) electrons. The summed E-state index contributed by atoms with van der Waals surface area (Å²) in [5, 5.41) is 0. The Morgan fingerprint density at radius 1 is 0.744 bits per heavy atom. The lowest BCUT2D eigenvalue weighted by Crippen LogP contribution is -2.37. The summed E-state index contributed by atoms with van der Waals surface area (Å²) < 4.78 is 33.2. The van der Waals surface area contributed by atoms with Gasteiger partial charge >= 0.3 is 11.9 Å². The molecule has 0 N–H and O–H groups in total. The molecule has 0 aliphatic rings. The second-order valence-electron chi connectivity index (χ2n) is 11.1. The number of phosphoric acid groups is 1. The van der Waals surface area contributed by atoms with Crippen molar-refractivity contribution in [2.45, 2.75) is 90.6 Å². The van der Waals surface area contributed by atoms with Gasteiger partial charge in [-0.25, -0.2) is 0 Å². The van der Waals surface area contributed by atoms with E-state index in [-0.39, 0.29) is 26.1 Å². The zero-order chi connectivity index (χ0) is 32.2. The van der Waals surface area contributed by atoms with Gasteiger partial charge in [0.1, 0.15) is 19.8 Å². The van der Waals surface area contributed by atoms with Gasteiger partial charge in [0.25, 0.3) is 7.82 Å². The van der Waals surface area contributed by atoms with Gasteiger partial charge in [-0.05, 0) is 38.5 Å². The Balaban J connectivity index is 4.63. The molecule has 43 heavy (non-hydrogen) atoms. The first-order chi connectivity index (χ1) is 20.5. The Hall–Kier alpha value is -2.29. The number of unbranched alkanes of at least 4 members (excludes halogenated alkanes) is 3. The van der Waals surface area contributed by atoms with Crippen molar-refractivity contribution >= 4 is 19.8 Å². The first-order valence-electron chi connectivity index (χ1n) is 15.5. The first-order valence-corrected chi connectivity index (χ1v) is 17.0. The number of nitrogens with zero attached hydrogens (tertiary/aromatic N) is 1. The molecule has 10 heteroatoms. The van der Waals surface area contributed by atoms with Gasteiger partial charge in [-0.1, -0.05) is 93.9 Å². The maximum Gasteiger partial charge on any atom is 0.310 e. The summed E-state index contributed by atoms with van der Waals surface area (Å²) >= 11 is 0. The molecule has 0 spiro atoms. The van der Waals surface area contributed by atoms with E-state index in [1.807, 2.05) is 33.3 Å². The molecule has 0 bridgehead atoms. The molecule has 0 amide bonds. The third-order valence-electron chi connectivity index (χ3n) is 5.84. The van der Waals surface area contributed by atoms with Crippen LogP contribution in [0.5, 0.6) is 0 Å². The van der Waals surface area contributed by atoms with Gasteiger partial charge in [-0.3, -0.25) is 14.2 Å². The summed E-state index contributed by atoms with van der Waals surface area (Å²) in [6.07, 6.45) is 27.8. The van der Waals surface area contributed by atoms with E-state index in [9.17, 15) is 19.0 Å². The summed E-state index contributed by atoms with van der Waals surface area (Å²) in [6, 6.07) is 0. The highest BCUT2D eigenvalue weighted by Crippen LogP contribution is 2.38. The van der Waals surface area contributed by atoms with Gasteiger partial charge in [0.15, 0.2) is 6.10 Å². The van der Waals surface area contributed by atoms with Crippen LogP contribution in [0.2, 0.25) is 0 Å². The molecule has 0 saturated carbocycles. The maximum atomic E-state index is 12.4. The molecule has 246 valence electrons. The topological polar surface area (TPSA) is 111 Å². The third-order valence-corrected chi connectivity index (χ3v) is 6.80. The van der Waals surface area contributed by atoms with E-state index in [0.29, 0.717) is 23.9 Å². The molecule has 2 unspecified atom stereocenters. The van der Waals surface area contributed by atoms with E-state index >= 15 is 0 Å². The molecule has 0 aromatic heterocycles. The molecule has 0 aromatic rings. The molecule has 0 aliphatic heterocycles. The van der Waals surface area contributed by atoms with E-state index in [1.54, 1.807) is 6.08 Å². The van der Waals surface area contributed by atoms with Gasteiger partial charge in [0.05, 0.1) is 34.2 Å². The van der Waals surface area contributed by atoms with Gasteiger partial charge < -0.3 is 27.9 Å². The number of hydrogen-bond donors (Lipinski definition) is 0. The maximum absolute atomic E-state index is 12.4. The Morgan fingerprint density at radius 2 is 1.30 bits per heavy atom. The van der Waals surface area contributed by atoms with Crippen molar-refractivity contribution in [2.75, 3.05) is 47.5 Å². The van der Waals surface area contributed by atoms with Gasteiger partial charge in [0, 0.05) is 6.42 Å². The van der Waals surface area contributed by atoms with E-state index in [2.05, 4.69) is 56.4 Å².